The predicted octanol–water partition coefficient (Wildman–Crippen LogP) is -0.0291. The van der Waals surface area contributed by atoms with Crippen molar-refractivity contribution in [2.75, 3.05) is 25.4 Å². The summed E-state index contributed by atoms with van der Waals surface area (Å²) in [6.45, 7) is 5.77. The Morgan fingerprint density at radius 1 is 1.10 bits per heavy atom. The summed E-state index contributed by atoms with van der Waals surface area (Å²) in [6, 6.07) is 0. The van der Waals surface area contributed by atoms with Crippen LogP contribution >= 0.6 is 0 Å². The van der Waals surface area contributed by atoms with Gasteiger partial charge in [-0.2, -0.15) is 0 Å². The van der Waals surface area contributed by atoms with Gasteiger partial charge >= 0.3 is 5.69 Å². The van der Waals surface area contributed by atoms with Gasteiger partial charge in [-0.1, -0.05) is 13.8 Å². The number of ketones is 1. The molecular weight excluding hydrogens is 272 g/mol. The Balaban J connectivity index is 3.19. The zero-order valence-electron chi connectivity index (χ0n) is 13.2. The van der Waals surface area contributed by atoms with E-state index in [-0.39, 0.29) is 23.7 Å². The lowest BCUT2D eigenvalue weighted by molar-refractivity contribution is 0.0928. The molecule has 21 heavy (non-hydrogen) atoms. The average Bonchev–Trinajstić information content (AvgIpc) is 2.44. The Bertz CT molecular complexity index is 624. The number of rotatable bonds is 7. The Hall–Kier alpha value is -1.89. The lowest BCUT2D eigenvalue weighted by Crippen LogP contribution is -2.43. The van der Waals surface area contributed by atoms with Gasteiger partial charge in [-0.15, -0.1) is 0 Å². The van der Waals surface area contributed by atoms with Crippen molar-refractivity contribution >= 4 is 11.6 Å². The first kappa shape index (κ1) is 17.2. The number of nitrogen functional groups attached to an aromatic ring is 1. The van der Waals surface area contributed by atoms with Gasteiger partial charge in [0.15, 0.2) is 5.78 Å². The summed E-state index contributed by atoms with van der Waals surface area (Å²) < 4.78 is 2.03. The Kier molecular flexibility index (Phi) is 5.90. The lowest BCUT2D eigenvalue weighted by Gasteiger charge is -2.20. The molecule has 0 spiro atoms. The fraction of sp³-hybridized carbons (Fsp3) is 0.643. The van der Waals surface area contributed by atoms with Crippen LogP contribution in [0.4, 0.5) is 5.82 Å². The fourth-order valence-electron chi connectivity index (χ4n) is 2.31. The molecule has 0 bridgehead atoms. The van der Waals surface area contributed by atoms with E-state index in [1.54, 1.807) is 0 Å². The van der Waals surface area contributed by atoms with E-state index in [1.807, 2.05) is 18.7 Å². The number of nitrogens with zero attached hydrogens (tertiary/aromatic N) is 3. The van der Waals surface area contributed by atoms with Crippen molar-refractivity contribution in [3.05, 3.63) is 26.4 Å². The molecule has 0 saturated heterocycles. The summed E-state index contributed by atoms with van der Waals surface area (Å²) in [6.07, 6.45) is 1.85. The summed E-state index contributed by atoms with van der Waals surface area (Å²) in [5, 5.41) is 0. The number of hydrogen-bond acceptors (Lipinski definition) is 5. The molecule has 1 rings (SSSR count). The van der Waals surface area contributed by atoms with Crippen molar-refractivity contribution in [1.82, 2.24) is 14.0 Å². The molecule has 1 aromatic rings. The Morgan fingerprint density at radius 3 is 2.10 bits per heavy atom. The summed E-state index contributed by atoms with van der Waals surface area (Å²) in [5.41, 5.74) is 4.52. The third-order valence-electron chi connectivity index (χ3n) is 3.44. The van der Waals surface area contributed by atoms with E-state index in [0.717, 1.165) is 35.1 Å². The summed E-state index contributed by atoms with van der Waals surface area (Å²) in [5.74, 6) is -0.411. The summed E-state index contributed by atoms with van der Waals surface area (Å²) in [7, 11) is 2.79. The maximum Gasteiger partial charge on any atom is 0.332 e. The van der Waals surface area contributed by atoms with Crippen molar-refractivity contribution in [1.29, 1.82) is 0 Å². The van der Waals surface area contributed by atoms with E-state index in [9.17, 15) is 14.4 Å². The van der Waals surface area contributed by atoms with Gasteiger partial charge in [-0.3, -0.25) is 23.6 Å². The monoisotopic (exact) mass is 296 g/mol. The van der Waals surface area contributed by atoms with E-state index in [1.165, 1.54) is 14.1 Å². The van der Waals surface area contributed by atoms with E-state index in [4.69, 9.17) is 5.73 Å². The molecular formula is C14H24N4O3. The normalized spacial score (nSPS) is 11.1. The van der Waals surface area contributed by atoms with Crippen molar-refractivity contribution in [3.8, 4) is 0 Å². The largest absolute Gasteiger partial charge is 0.384 e. The third kappa shape index (κ3) is 3.60. The van der Waals surface area contributed by atoms with Gasteiger partial charge < -0.3 is 5.73 Å². The van der Waals surface area contributed by atoms with Crippen molar-refractivity contribution in [3.63, 3.8) is 0 Å². The van der Waals surface area contributed by atoms with Gasteiger partial charge in [0.05, 0.1) is 6.54 Å². The molecule has 0 fully saturated rings. The molecule has 0 saturated carbocycles. The fourth-order valence-corrected chi connectivity index (χ4v) is 2.31. The Morgan fingerprint density at radius 2 is 1.62 bits per heavy atom. The number of carbonyl (C=O) groups excluding carboxylic acids is 1. The number of anilines is 1. The van der Waals surface area contributed by atoms with Crippen LogP contribution in [-0.4, -0.2) is 39.5 Å². The minimum Gasteiger partial charge on any atom is -0.384 e. The van der Waals surface area contributed by atoms with Crippen LogP contribution in [0.15, 0.2) is 9.59 Å². The van der Waals surface area contributed by atoms with Crippen LogP contribution in [-0.2, 0) is 14.1 Å². The average molecular weight is 296 g/mol. The quantitative estimate of drug-likeness (QED) is 0.714. The molecule has 0 aromatic carbocycles. The van der Waals surface area contributed by atoms with Crippen LogP contribution in [0.25, 0.3) is 0 Å². The minimum absolute atomic E-state index is 0.0685. The van der Waals surface area contributed by atoms with Gasteiger partial charge in [-0.25, -0.2) is 4.79 Å². The first-order chi connectivity index (χ1) is 9.84. The second kappa shape index (κ2) is 7.21. The maximum atomic E-state index is 12.4. The van der Waals surface area contributed by atoms with E-state index in [2.05, 4.69) is 0 Å². The van der Waals surface area contributed by atoms with Crippen molar-refractivity contribution < 1.29 is 4.79 Å². The third-order valence-corrected chi connectivity index (χ3v) is 3.44. The number of hydrogen-bond donors (Lipinski definition) is 1. The van der Waals surface area contributed by atoms with E-state index < -0.39 is 11.2 Å². The lowest BCUT2D eigenvalue weighted by atomic mass is 10.1. The van der Waals surface area contributed by atoms with Crippen LogP contribution in [0.5, 0.6) is 0 Å². The molecule has 7 nitrogen and oxygen atoms in total. The SMILES string of the molecule is CCCN(CCC)CC(=O)c1c(N)n(C)c(=O)n(C)c1=O. The second-order valence-electron chi connectivity index (χ2n) is 5.17. The highest BCUT2D eigenvalue weighted by molar-refractivity contribution is 6.01. The molecule has 0 aliphatic carbocycles. The molecule has 0 radical (unpaired) electrons. The van der Waals surface area contributed by atoms with Crippen LogP contribution < -0.4 is 17.0 Å². The van der Waals surface area contributed by atoms with Crippen LogP contribution in [0.2, 0.25) is 0 Å². The maximum absolute atomic E-state index is 12.4. The number of aromatic nitrogens is 2. The highest BCUT2D eigenvalue weighted by Crippen LogP contribution is 2.06. The predicted molar refractivity (Wildman–Crippen MR) is 82.7 cm³/mol. The van der Waals surface area contributed by atoms with Gasteiger partial charge in [0.2, 0.25) is 0 Å². The van der Waals surface area contributed by atoms with Crippen molar-refractivity contribution in [2.45, 2.75) is 26.7 Å². The number of carbonyl (C=O) groups is 1. The van der Waals surface area contributed by atoms with Crippen LogP contribution in [0.3, 0.4) is 0 Å². The first-order valence-electron chi connectivity index (χ1n) is 7.16. The van der Waals surface area contributed by atoms with Crippen molar-refractivity contribution in [2.24, 2.45) is 14.1 Å². The van der Waals surface area contributed by atoms with Crippen LogP contribution in [0, 0.1) is 0 Å². The molecule has 2 N–H and O–H groups in total. The van der Waals surface area contributed by atoms with E-state index >= 15 is 0 Å². The smallest absolute Gasteiger partial charge is 0.332 e. The number of nitrogens with two attached hydrogens (primary N) is 1. The van der Waals surface area contributed by atoms with Gasteiger partial charge in [0.25, 0.3) is 5.56 Å². The molecule has 0 aliphatic rings. The zero-order valence-corrected chi connectivity index (χ0v) is 13.2. The molecule has 1 aromatic heterocycles. The standard InChI is InChI=1S/C14H24N4O3/c1-5-7-18(8-6-2)9-10(19)11-12(15)16(3)14(21)17(4)13(11)20/h5-9,15H2,1-4H3. The summed E-state index contributed by atoms with van der Waals surface area (Å²) >= 11 is 0. The molecule has 7 heteroatoms. The highest BCUT2D eigenvalue weighted by atomic mass is 16.2. The number of Topliss-reactive ketones (excluding diaryl/α,β-unsaturated/α-hetero) is 1. The topological polar surface area (TPSA) is 90.3 Å². The zero-order chi connectivity index (χ0) is 16.2. The minimum atomic E-state index is -0.631. The van der Waals surface area contributed by atoms with Gasteiger partial charge in [0.1, 0.15) is 11.4 Å². The molecule has 0 atom stereocenters. The molecule has 118 valence electrons. The van der Waals surface area contributed by atoms with Crippen LogP contribution in [0.1, 0.15) is 37.0 Å². The molecule has 1 heterocycles. The van der Waals surface area contributed by atoms with Gasteiger partial charge in [0, 0.05) is 14.1 Å². The molecule has 0 unspecified atom stereocenters. The van der Waals surface area contributed by atoms with E-state index in [0.29, 0.717) is 0 Å². The first-order valence-corrected chi connectivity index (χ1v) is 7.16. The molecule has 0 amide bonds. The van der Waals surface area contributed by atoms with Gasteiger partial charge in [-0.05, 0) is 25.9 Å². The summed E-state index contributed by atoms with van der Waals surface area (Å²) in [4.78, 5) is 38.3. The second-order valence-corrected chi connectivity index (χ2v) is 5.17. The Labute approximate surface area is 124 Å². The highest BCUT2D eigenvalue weighted by Gasteiger charge is 2.21. The molecule has 0 aliphatic heterocycles.